The summed E-state index contributed by atoms with van der Waals surface area (Å²) in [5.41, 5.74) is 0.570. The summed E-state index contributed by atoms with van der Waals surface area (Å²) in [6.45, 7) is 2.36. The maximum atomic E-state index is 11.7. The van der Waals surface area contributed by atoms with Gasteiger partial charge in [-0.1, -0.05) is 12.8 Å². The molecule has 18 heavy (non-hydrogen) atoms. The fourth-order valence-corrected chi connectivity index (χ4v) is 1.67. The maximum Gasteiger partial charge on any atom is 0.303 e. The van der Waals surface area contributed by atoms with Crippen LogP contribution in [0.25, 0.3) is 0 Å². The number of amides is 1. The van der Waals surface area contributed by atoms with Gasteiger partial charge in [0.15, 0.2) is 0 Å². The Bertz CT molecular complexity index is 397. The van der Waals surface area contributed by atoms with E-state index in [1.807, 2.05) is 0 Å². The summed E-state index contributed by atoms with van der Waals surface area (Å²) in [5, 5.41) is 11.3. The summed E-state index contributed by atoms with van der Waals surface area (Å²) in [4.78, 5) is 21.9. The molecule has 2 N–H and O–H groups in total. The Morgan fingerprint density at radius 2 is 2.00 bits per heavy atom. The van der Waals surface area contributed by atoms with Crippen LogP contribution in [0.3, 0.4) is 0 Å². The van der Waals surface area contributed by atoms with E-state index < -0.39 is 5.97 Å². The Balaban J connectivity index is 2.06. The molecule has 0 aliphatic heterocycles. The van der Waals surface area contributed by atoms with Gasteiger partial charge in [-0.05, 0) is 25.8 Å². The largest absolute Gasteiger partial charge is 0.481 e. The zero-order valence-electron chi connectivity index (χ0n) is 10.6. The van der Waals surface area contributed by atoms with E-state index in [-0.39, 0.29) is 12.3 Å². The van der Waals surface area contributed by atoms with Gasteiger partial charge in [0, 0.05) is 13.0 Å². The van der Waals surface area contributed by atoms with Crippen molar-refractivity contribution in [1.29, 1.82) is 0 Å². The van der Waals surface area contributed by atoms with Gasteiger partial charge in [0.1, 0.15) is 5.76 Å². The molecule has 5 heteroatoms. The second-order valence-corrected chi connectivity index (χ2v) is 4.20. The number of rotatable bonds is 8. The van der Waals surface area contributed by atoms with Gasteiger partial charge < -0.3 is 14.8 Å². The minimum atomic E-state index is -0.751. The van der Waals surface area contributed by atoms with E-state index in [4.69, 9.17) is 9.52 Å². The van der Waals surface area contributed by atoms with Gasteiger partial charge in [-0.25, -0.2) is 0 Å². The Morgan fingerprint density at radius 3 is 2.61 bits per heavy atom. The zero-order valence-corrected chi connectivity index (χ0v) is 10.6. The number of furan rings is 1. The lowest BCUT2D eigenvalue weighted by atomic mass is 10.1. The first-order valence-corrected chi connectivity index (χ1v) is 6.15. The lowest BCUT2D eigenvalue weighted by Crippen LogP contribution is -2.24. The molecule has 0 radical (unpaired) electrons. The van der Waals surface area contributed by atoms with Crippen LogP contribution < -0.4 is 5.32 Å². The maximum absolute atomic E-state index is 11.7. The first kappa shape index (κ1) is 14.3. The summed E-state index contributed by atoms with van der Waals surface area (Å²) in [6, 6.07) is 1.65. The van der Waals surface area contributed by atoms with Crippen molar-refractivity contribution in [3.8, 4) is 0 Å². The fraction of sp³-hybridized carbons (Fsp3) is 0.538. The molecule has 0 aromatic carbocycles. The van der Waals surface area contributed by atoms with E-state index in [2.05, 4.69) is 5.32 Å². The van der Waals surface area contributed by atoms with Crippen LogP contribution in [0.2, 0.25) is 0 Å². The molecule has 1 amide bonds. The standard InChI is InChI=1S/C13H19NO4/c1-10-11(7-9-18-10)13(17)14-8-5-3-2-4-6-12(15)16/h7,9H,2-6,8H2,1H3,(H,14,17)(H,15,16). The third kappa shape index (κ3) is 5.03. The molecule has 0 aliphatic rings. The SMILES string of the molecule is Cc1occc1C(=O)NCCCCCCC(=O)O. The van der Waals surface area contributed by atoms with Crippen molar-refractivity contribution in [3.63, 3.8) is 0 Å². The Hall–Kier alpha value is -1.78. The monoisotopic (exact) mass is 253 g/mol. The Morgan fingerprint density at radius 1 is 1.28 bits per heavy atom. The average molecular weight is 253 g/mol. The molecule has 0 atom stereocenters. The molecule has 0 bridgehead atoms. The molecule has 0 aliphatic carbocycles. The summed E-state index contributed by atoms with van der Waals surface area (Å²) in [6.07, 6.45) is 5.09. The molecule has 0 unspecified atom stereocenters. The van der Waals surface area contributed by atoms with Gasteiger partial charge in [0.25, 0.3) is 5.91 Å². The number of aliphatic carboxylic acids is 1. The number of unbranched alkanes of at least 4 members (excludes halogenated alkanes) is 3. The van der Waals surface area contributed by atoms with E-state index in [1.54, 1.807) is 13.0 Å². The average Bonchev–Trinajstić information content (AvgIpc) is 2.73. The van der Waals surface area contributed by atoms with E-state index in [0.717, 1.165) is 19.3 Å². The number of hydrogen-bond acceptors (Lipinski definition) is 3. The summed E-state index contributed by atoms with van der Waals surface area (Å²) >= 11 is 0. The van der Waals surface area contributed by atoms with Crippen LogP contribution in [0.1, 0.15) is 48.2 Å². The number of hydrogen-bond donors (Lipinski definition) is 2. The Labute approximate surface area is 106 Å². The smallest absolute Gasteiger partial charge is 0.303 e. The highest BCUT2D eigenvalue weighted by Crippen LogP contribution is 2.08. The molecule has 0 saturated heterocycles. The number of aryl methyl sites for hydroxylation is 1. The van der Waals surface area contributed by atoms with Crippen LogP contribution in [0.4, 0.5) is 0 Å². The molecule has 0 fully saturated rings. The predicted octanol–water partition coefficient (Wildman–Crippen LogP) is 2.35. The van der Waals surface area contributed by atoms with E-state index in [9.17, 15) is 9.59 Å². The molecule has 1 aromatic heterocycles. The lowest BCUT2D eigenvalue weighted by molar-refractivity contribution is -0.137. The lowest BCUT2D eigenvalue weighted by Gasteiger charge is -2.04. The van der Waals surface area contributed by atoms with Gasteiger partial charge >= 0.3 is 5.97 Å². The van der Waals surface area contributed by atoms with Gasteiger partial charge in [-0.15, -0.1) is 0 Å². The normalized spacial score (nSPS) is 10.3. The van der Waals surface area contributed by atoms with Crippen molar-refractivity contribution in [2.75, 3.05) is 6.54 Å². The second kappa shape index (κ2) is 7.53. The van der Waals surface area contributed by atoms with Crippen molar-refractivity contribution in [1.82, 2.24) is 5.32 Å². The molecular formula is C13H19NO4. The van der Waals surface area contributed by atoms with Crippen molar-refractivity contribution in [2.45, 2.75) is 39.0 Å². The molecule has 5 nitrogen and oxygen atoms in total. The third-order valence-corrected chi connectivity index (χ3v) is 2.71. The number of carbonyl (C=O) groups excluding carboxylic acids is 1. The van der Waals surface area contributed by atoms with Crippen molar-refractivity contribution < 1.29 is 19.1 Å². The number of carbonyl (C=O) groups is 2. The topological polar surface area (TPSA) is 79.5 Å². The van der Waals surface area contributed by atoms with Gasteiger partial charge in [0.05, 0.1) is 11.8 Å². The van der Waals surface area contributed by atoms with Gasteiger partial charge in [-0.3, -0.25) is 9.59 Å². The molecule has 1 heterocycles. The first-order valence-electron chi connectivity index (χ1n) is 6.15. The quantitative estimate of drug-likeness (QED) is 0.697. The van der Waals surface area contributed by atoms with Crippen LogP contribution in [-0.2, 0) is 4.79 Å². The van der Waals surface area contributed by atoms with E-state index in [0.29, 0.717) is 24.3 Å². The number of carboxylic acids is 1. The molecular weight excluding hydrogens is 234 g/mol. The fourth-order valence-electron chi connectivity index (χ4n) is 1.67. The minimum Gasteiger partial charge on any atom is -0.481 e. The van der Waals surface area contributed by atoms with Gasteiger partial charge in [0.2, 0.25) is 0 Å². The Kier molecular flexibility index (Phi) is 5.97. The highest BCUT2D eigenvalue weighted by molar-refractivity contribution is 5.94. The van der Waals surface area contributed by atoms with E-state index >= 15 is 0 Å². The highest BCUT2D eigenvalue weighted by atomic mass is 16.4. The van der Waals surface area contributed by atoms with E-state index in [1.165, 1.54) is 6.26 Å². The van der Waals surface area contributed by atoms with Crippen molar-refractivity contribution in [3.05, 3.63) is 23.7 Å². The highest BCUT2D eigenvalue weighted by Gasteiger charge is 2.09. The van der Waals surface area contributed by atoms with Gasteiger partial charge in [-0.2, -0.15) is 0 Å². The molecule has 1 aromatic rings. The van der Waals surface area contributed by atoms with Crippen molar-refractivity contribution >= 4 is 11.9 Å². The summed E-state index contributed by atoms with van der Waals surface area (Å²) < 4.78 is 5.05. The van der Waals surface area contributed by atoms with Crippen LogP contribution in [0.5, 0.6) is 0 Å². The predicted molar refractivity (Wildman–Crippen MR) is 66.5 cm³/mol. The molecule has 100 valence electrons. The van der Waals surface area contributed by atoms with Crippen LogP contribution in [-0.4, -0.2) is 23.5 Å². The third-order valence-electron chi connectivity index (χ3n) is 2.71. The number of carboxylic acid groups (broad SMARTS) is 1. The van der Waals surface area contributed by atoms with Crippen LogP contribution in [0.15, 0.2) is 16.7 Å². The first-order chi connectivity index (χ1) is 8.61. The summed E-state index contributed by atoms with van der Waals surface area (Å²) in [5.74, 6) is -0.250. The number of nitrogens with one attached hydrogen (secondary N) is 1. The van der Waals surface area contributed by atoms with Crippen LogP contribution in [0, 0.1) is 6.92 Å². The minimum absolute atomic E-state index is 0.119. The molecule has 1 rings (SSSR count). The summed E-state index contributed by atoms with van der Waals surface area (Å²) in [7, 11) is 0. The molecule has 0 spiro atoms. The van der Waals surface area contributed by atoms with Crippen molar-refractivity contribution in [2.24, 2.45) is 0 Å². The second-order valence-electron chi connectivity index (χ2n) is 4.20. The van der Waals surface area contributed by atoms with Crippen LogP contribution >= 0.6 is 0 Å². The molecule has 0 saturated carbocycles. The zero-order chi connectivity index (χ0) is 13.4.